The van der Waals surface area contributed by atoms with E-state index in [2.05, 4.69) is 47.4 Å². The summed E-state index contributed by atoms with van der Waals surface area (Å²) in [6.45, 7) is 2.42. The number of nitrogens with zero attached hydrogens (tertiary/aromatic N) is 1. The van der Waals surface area contributed by atoms with Crippen LogP contribution in [-0.4, -0.2) is 58.5 Å². The minimum Gasteiger partial charge on any atom is -0.481 e. The quantitative estimate of drug-likeness (QED) is 0.420. The number of Topliss-reactive ketones (excluding diaryl/α,β-unsaturated/α-hetero) is 1. The molecule has 0 amide bonds. The van der Waals surface area contributed by atoms with Crippen LogP contribution in [0.5, 0.6) is 0 Å². The number of carboxylic acids is 1. The van der Waals surface area contributed by atoms with Crippen LogP contribution in [0, 0.1) is 5.92 Å². The van der Waals surface area contributed by atoms with Crippen LogP contribution in [-0.2, 0) is 20.9 Å². The average Bonchev–Trinajstić information content (AvgIpc) is 3.20. The van der Waals surface area contributed by atoms with Gasteiger partial charge in [-0.3, -0.25) is 14.5 Å². The second-order valence-corrected chi connectivity index (χ2v) is 10.5. The van der Waals surface area contributed by atoms with Gasteiger partial charge in [0.2, 0.25) is 0 Å². The normalized spacial score (nSPS) is 23.2. The molecule has 0 unspecified atom stereocenters. The predicted octanol–water partition coefficient (Wildman–Crippen LogP) is 5.45. The summed E-state index contributed by atoms with van der Waals surface area (Å²) in [5.74, 6) is 1.85. The highest BCUT2D eigenvalue weighted by molar-refractivity contribution is 7.99. The third-order valence-electron chi connectivity index (χ3n) is 6.94. The van der Waals surface area contributed by atoms with Gasteiger partial charge in [0.1, 0.15) is 0 Å². The highest BCUT2D eigenvalue weighted by Crippen LogP contribution is 2.35. The van der Waals surface area contributed by atoms with Crippen molar-refractivity contribution in [2.24, 2.45) is 5.92 Å². The minimum absolute atomic E-state index is 0.0613. The number of carbonyl (C=O) groups is 2. The first-order valence-corrected chi connectivity index (χ1v) is 13.7. The van der Waals surface area contributed by atoms with E-state index in [9.17, 15) is 9.59 Å². The number of hydrogen-bond acceptors (Lipinski definition) is 5. The summed E-state index contributed by atoms with van der Waals surface area (Å²) in [5, 5.41) is 8.82. The number of ketones is 1. The molecule has 1 saturated heterocycles. The standard InChI is InChI=1S/C29H35NO4S/c31-26-20-27(34-21-22-12-14-24(15-13-22)23-8-4-3-5-9-23)25(10-6-1-2-7-11-28(32)33)29(26)30-16-18-35-19-17-30/h1-5,8-9,12-15,25,27,29H,6-7,10-11,16-21H2,(H,32,33)/t25-,27-,29+/m0/s1. The molecule has 186 valence electrons. The van der Waals surface area contributed by atoms with Crippen LogP contribution in [0.3, 0.4) is 0 Å². The van der Waals surface area contributed by atoms with Crippen molar-refractivity contribution in [1.82, 2.24) is 4.90 Å². The SMILES string of the molecule is O=C(O)CCC=CCC[C@H]1[C@@H](OCc2ccc(-c3ccccc3)cc2)CC(=O)[C@@H]1N1CCSCC1. The molecule has 5 nitrogen and oxygen atoms in total. The monoisotopic (exact) mass is 493 g/mol. The minimum atomic E-state index is -0.774. The van der Waals surface area contributed by atoms with Gasteiger partial charge in [0.05, 0.1) is 18.8 Å². The summed E-state index contributed by atoms with van der Waals surface area (Å²) >= 11 is 1.95. The van der Waals surface area contributed by atoms with Gasteiger partial charge in [-0.1, -0.05) is 66.7 Å². The summed E-state index contributed by atoms with van der Waals surface area (Å²) in [6.07, 6.45) is 6.82. The van der Waals surface area contributed by atoms with Gasteiger partial charge in [0.25, 0.3) is 0 Å². The zero-order valence-electron chi connectivity index (χ0n) is 20.2. The lowest BCUT2D eigenvalue weighted by Crippen LogP contribution is -2.47. The topological polar surface area (TPSA) is 66.8 Å². The lowest BCUT2D eigenvalue weighted by atomic mass is 9.93. The molecule has 2 aliphatic rings. The number of aliphatic carboxylic acids is 1. The van der Waals surface area contributed by atoms with Crippen molar-refractivity contribution in [3.05, 3.63) is 72.3 Å². The largest absolute Gasteiger partial charge is 0.481 e. The molecule has 3 atom stereocenters. The lowest BCUT2D eigenvalue weighted by Gasteiger charge is -2.35. The Morgan fingerprint density at radius 1 is 1.00 bits per heavy atom. The fraction of sp³-hybridized carbons (Fsp3) is 0.448. The van der Waals surface area contributed by atoms with Crippen molar-refractivity contribution in [1.29, 1.82) is 0 Å². The van der Waals surface area contributed by atoms with Gasteiger partial charge in [-0.15, -0.1) is 0 Å². The number of benzene rings is 2. The summed E-state index contributed by atoms with van der Waals surface area (Å²) in [4.78, 5) is 26.2. The van der Waals surface area contributed by atoms with E-state index in [1.807, 2.05) is 36.0 Å². The van der Waals surface area contributed by atoms with Crippen LogP contribution in [0.1, 0.15) is 37.7 Å². The zero-order valence-corrected chi connectivity index (χ0v) is 21.0. The number of carboxylic acid groups (broad SMARTS) is 1. The van der Waals surface area contributed by atoms with Crippen molar-refractivity contribution in [2.45, 2.75) is 50.9 Å². The maximum Gasteiger partial charge on any atom is 0.303 e. The molecule has 2 aromatic rings. The van der Waals surface area contributed by atoms with Gasteiger partial charge in [-0.05, 0) is 36.0 Å². The Bertz CT molecular complexity index is 986. The van der Waals surface area contributed by atoms with E-state index in [0.29, 0.717) is 25.2 Å². The molecule has 6 heteroatoms. The van der Waals surface area contributed by atoms with Crippen LogP contribution in [0.25, 0.3) is 11.1 Å². The van der Waals surface area contributed by atoms with Crippen LogP contribution in [0.15, 0.2) is 66.7 Å². The molecule has 1 aliphatic carbocycles. The molecule has 1 heterocycles. The van der Waals surface area contributed by atoms with Crippen LogP contribution < -0.4 is 0 Å². The summed E-state index contributed by atoms with van der Waals surface area (Å²) in [5.41, 5.74) is 3.49. The van der Waals surface area contributed by atoms with Crippen molar-refractivity contribution in [2.75, 3.05) is 24.6 Å². The Kier molecular flexibility index (Phi) is 9.57. The average molecular weight is 494 g/mol. The number of carbonyl (C=O) groups excluding carboxylic acids is 1. The molecule has 0 bridgehead atoms. The number of rotatable bonds is 11. The highest BCUT2D eigenvalue weighted by Gasteiger charge is 2.45. The zero-order chi connectivity index (χ0) is 24.5. The Hall–Kier alpha value is -2.41. The van der Waals surface area contributed by atoms with Crippen LogP contribution in [0.2, 0.25) is 0 Å². The van der Waals surface area contributed by atoms with Crippen molar-refractivity contribution < 1.29 is 19.4 Å². The van der Waals surface area contributed by atoms with Gasteiger partial charge in [-0.2, -0.15) is 11.8 Å². The third kappa shape index (κ3) is 7.29. The predicted molar refractivity (Wildman–Crippen MR) is 141 cm³/mol. The van der Waals surface area contributed by atoms with E-state index in [1.165, 1.54) is 11.1 Å². The first kappa shape index (κ1) is 25.7. The molecule has 35 heavy (non-hydrogen) atoms. The molecule has 1 N–H and O–H groups in total. The molecule has 1 aliphatic heterocycles. The molecule has 1 saturated carbocycles. The van der Waals surface area contributed by atoms with E-state index in [1.54, 1.807) is 0 Å². The van der Waals surface area contributed by atoms with Crippen LogP contribution in [0.4, 0.5) is 0 Å². The van der Waals surface area contributed by atoms with Gasteiger partial charge in [-0.25, -0.2) is 0 Å². The van der Waals surface area contributed by atoms with E-state index >= 15 is 0 Å². The van der Waals surface area contributed by atoms with Crippen LogP contribution >= 0.6 is 11.8 Å². The van der Waals surface area contributed by atoms with E-state index in [-0.39, 0.29) is 24.5 Å². The Morgan fingerprint density at radius 2 is 1.69 bits per heavy atom. The summed E-state index contributed by atoms with van der Waals surface area (Å²) in [7, 11) is 0. The molecule has 0 spiro atoms. The van der Waals surface area contributed by atoms with Crippen molar-refractivity contribution in [3.8, 4) is 11.1 Å². The molecular weight excluding hydrogens is 458 g/mol. The van der Waals surface area contributed by atoms with Gasteiger partial charge in [0, 0.05) is 43.4 Å². The van der Waals surface area contributed by atoms with E-state index in [4.69, 9.17) is 9.84 Å². The Labute approximate surface area is 212 Å². The summed E-state index contributed by atoms with van der Waals surface area (Å²) < 4.78 is 6.39. The van der Waals surface area contributed by atoms with E-state index < -0.39 is 5.97 Å². The Balaban J connectivity index is 1.38. The van der Waals surface area contributed by atoms with Gasteiger partial charge >= 0.3 is 5.97 Å². The molecule has 2 aromatic carbocycles. The Morgan fingerprint density at radius 3 is 2.40 bits per heavy atom. The smallest absolute Gasteiger partial charge is 0.303 e. The first-order valence-electron chi connectivity index (χ1n) is 12.6. The van der Waals surface area contributed by atoms with Crippen molar-refractivity contribution >= 4 is 23.5 Å². The molecule has 4 rings (SSSR count). The fourth-order valence-electron chi connectivity index (χ4n) is 5.13. The van der Waals surface area contributed by atoms with Gasteiger partial charge < -0.3 is 9.84 Å². The lowest BCUT2D eigenvalue weighted by molar-refractivity contribution is -0.136. The fourth-order valence-corrected chi connectivity index (χ4v) is 6.06. The summed E-state index contributed by atoms with van der Waals surface area (Å²) in [6, 6.07) is 18.7. The third-order valence-corrected chi connectivity index (χ3v) is 7.88. The first-order chi connectivity index (χ1) is 17.1. The van der Waals surface area contributed by atoms with E-state index in [0.717, 1.165) is 43.0 Å². The second kappa shape index (κ2) is 13.1. The maximum absolute atomic E-state index is 13.1. The number of ether oxygens (including phenoxy) is 1. The number of allylic oxidation sites excluding steroid dienone is 2. The maximum atomic E-state index is 13.1. The van der Waals surface area contributed by atoms with Gasteiger partial charge in [0.15, 0.2) is 5.78 Å². The molecular formula is C29H35NO4S. The number of hydrogen-bond donors (Lipinski definition) is 1. The molecule has 0 radical (unpaired) electrons. The second-order valence-electron chi connectivity index (χ2n) is 9.32. The molecule has 0 aromatic heterocycles. The van der Waals surface area contributed by atoms with Crippen molar-refractivity contribution in [3.63, 3.8) is 0 Å². The highest BCUT2D eigenvalue weighted by atomic mass is 32.2. The number of thioether (sulfide) groups is 1. The molecule has 2 fully saturated rings.